The van der Waals surface area contributed by atoms with E-state index < -0.39 is 0 Å². The van der Waals surface area contributed by atoms with Crippen LogP contribution in [-0.4, -0.2) is 32.7 Å². The van der Waals surface area contributed by atoms with Gasteiger partial charge in [-0.1, -0.05) is 0 Å². The predicted molar refractivity (Wildman–Crippen MR) is 69.2 cm³/mol. The first-order valence-electron chi connectivity index (χ1n) is 5.85. The first-order valence-corrected chi connectivity index (χ1v) is 5.85. The molecule has 1 atom stereocenters. The molecule has 5 nitrogen and oxygen atoms in total. The van der Waals surface area contributed by atoms with Crippen LogP contribution in [0.25, 0.3) is 0 Å². The lowest BCUT2D eigenvalue weighted by Gasteiger charge is -2.21. The number of amides is 1. The van der Waals surface area contributed by atoms with Crippen LogP contribution < -0.4 is 20.1 Å². The molecule has 0 aromatic heterocycles. The number of carbonyl (C=O) groups is 1. The molecule has 1 unspecified atom stereocenters. The van der Waals surface area contributed by atoms with E-state index >= 15 is 0 Å². The number of carbonyl (C=O) groups excluding carboxylic acids is 1. The molecule has 0 aliphatic carbocycles. The fourth-order valence-corrected chi connectivity index (χ4v) is 2.21. The van der Waals surface area contributed by atoms with Gasteiger partial charge < -0.3 is 20.1 Å². The quantitative estimate of drug-likeness (QED) is 0.871. The van der Waals surface area contributed by atoms with Crippen molar-refractivity contribution in [3.8, 4) is 11.5 Å². The van der Waals surface area contributed by atoms with Gasteiger partial charge >= 0.3 is 0 Å². The monoisotopic (exact) mass is 250 g/mol. The lowest BCUT2D eigenvalue weighted by atomic mass is 10.1. The first kappa shape index (κ1) is 12.7. The van der Waals surface area contributed by atoms with Crippen molar-refractivity contribution < 1.29 is 14.3 Å². The van der Waals surface area contributed by atoms with Gasteiger partial charge in [0.05, 0.1) is 19.9 Å². The molecule has 18 heavy (non-hydrogen) atoms. The molecule has 1 saturated heterocycles. The zero-order valence-electron chi connectivity index (χ0n) is 10.9. The smallest absolute Gasteiger partial charge is 0.228 e. The summed E-state index contributed by atoms with van der Waals surface area (Å²) in [5, 5.41) is 0. The fourth-order valence-electron chi connectivity index (χ4n) is 2.21. The van der Waals surface area contributed by atoms with Crippen molar-refractivity contribution >= 4 is 11.6 Å². The van der Waals surface area contributed by atoms with E-state index in [1.165, 1.54) is 0 Å². The second kappa shape index (κ2) is 4.86. The Hall–Kier alpha value is -1.75. The summed E-state index contributed by atoms with van der Waals surface area (Å²) in [5.74, 6) is 1.42. The van der Waals surface area contributed by atoms with Crippen LogP contribution in [0.2, 0.25) is 0 Å². The summed E-state index contributed by atoms with van der Waals surface area (Å²) in [4.78, 5) is 13.5. The van der Waals surface area contributed by atoms with E-state index in [1.807, 2.05) is 19.1 Å². The van der Waals surface area contributed by atoms with E-state index in [-0.39, 0.29) is 11.9 Å². The van der Waals surface area contributed by atoms with Crippen LogP contribution >= 0.6 is 0 Å². The molecular formula is C13H18N2O3. The van der Waals surface area contributed by atoms with Crippen molar-refractivity contribution in [2.75, 3.05) is 25.7 Å². The summed E-state index contributed by atoms with van der Waals surface area (Å²) < 4.78 is 10.6. The highest BCUT2D eigenvalue weighted by Gasteiger charge is 2.30. The molecule has 1 aliphatic heterocycles. The third-order valence-corrected chi connectivity index (χ3v) is 3.14. The minimum atomic E-state index is -0.116. The van der Waals surface area contributed by atoms with Crippen molar-refractivity contribution in [2.24, 2.45) is 5.73 Å². The van der Waals surface area contributed by atoms with Crippen molar-refractivity contribution in [1.29, 1.82) is 0 Å². The van der Waals surface area contributed by atoms with Crippen molar-refractivity contribution in [2.45, 2.75) is 19.4 Å². The number of anilines is 1. The van der Waals surface area contributed by atoms with Gasteiger partial charge in [-0.25, -0.2) is 0 Å². The van der Waals surface area contributed by atoms with Crippen LogP contribution in [0.15, 0.2) is 12.1 Å². The molecule has 0 radical (unpaired) electrons. The summed E-state index contributed by atoms with van der Waals surface area (Å²) >= 11 is 0. The van der Waals surface area contributed by atoms with Gasteiger partial charge in [0.25, 0.3) is 0 Å². The third-order valence-electron chi connectivity index (χ3n) is 3.14. The van der Waals surface area contributed by atoms with Crippen LogP contribution in [0.3, 0.4) is 0 Å². The third kappa shape index (κ3) is 2.13. The Balaban J connectivity index is 2.45. The second-order valence-electron chi connectivity index (χ2n) is 4.46. The van der Waals surface area contributed by atoms with Gasteiger partial charge in [-0.3, -0.25) is 4.79 Å². The standard InChI is InChI=1S/C13H18N2O3/c1-8-4-12(18-3)10(6-11(8)17-2)15-7-9(14)5-13(15)16/h4,6,9H,5,7,14H2,1-3H3. The second-order valence-corrected chi connectivity index (χ2v) is 4.46. The van der Waals surface area contributed by atoms with E-state index in [0.29, 0.717) is 18.7 Å². The van der Waals surface area contributed by atoms with Gasteiger partial charge in [-0.15, -0.1) is 0 Å². The van der Waals surface area contributed by atoms with Gasteiger partial charge in [0.2, 0.25) is 5.91 Å². The topological polar surface area (TPSA) is 64.8 Å². The minimum absolute atomic E-state index is 0.0201. The van der Waals surface area contributed by atoms with Crippen LogP contribution in [-0.2, 0) is 4.79 Å². The number of aryl methyl sites for hydroxylation is 1. The summed E-state index contributed by atoms with van der Waals surface area (Å²) in [5.41, 5.74) is 7.50. The molecule has 1 aromatic carbocycles. The largest absolute Gasteiger partial charge is 0.496 e. The molecule has 1 aliphatic rings. The Morgan fingerprint density at radius 2 is 1.94 bits per heavy atom. The summed E-state index contributed by atoms with van der Waals surface area (Å²) in [6, 6.07) is 3.57. The maximum absolute atomic E-state index is 11.9. The van der Waals surface area contributed by atoms with Crippen molar-refractivity contribution in [3.63, 3.8) is 0 Å². The average molecular weight is 250 g/mol. The Bertz CT molecular complexity index is 474. The maximum atomic E-state index is 11.9. The van der Waals surface area contributed by atoms with E-state index in [2.05, 4.69) is 0 Å². The Morgan fingerprint density at radius 1 is 1.28 bits per heavy atom. The number of nitrogens with zero attached hydrogens (tertiary/aromatic N) is 1. The SMILES string of the molecule is COc1cc(N2CC(N)CC2=O)c(OC)cc1C. The number of ether oxygens (including phenoxy) is 2. The molecule has 2 rings (SSSR count). The van der Waals surface area contributed by atoms with Crippen LogP contribution in [0.4, 0.5) is 5.69 Å². The highest BCUT2D eigenvalue weighted by atomic mass is 16.5. The highest BCUT2D eigenvalue weighted by Crippen LogP contribution is 2.36. The molecule has 0 saturated carbocycles. The van der Waals surface area contributed by atoms with Gasteiger partial charge in [0.1, 0.15) is 11.5 Å². The van der Waals surface area contributed by atoms with Crippen LogP contribution in [0.5, 0.6) is 11.5 Å². The van der Waals surface area contributed by atoms with Crippen molar-refractivity contribution in [3.05, 3.63) is 17.7 Å². The van der Waals surface area contributed by atoms with E-state index in [9.17, 15) is 4.79 Å². The van der Waals surface area contributed by atoms with Gasteiger partial charge in [-0.05, 0) is 18.6 Å². The number of hydrogen-bond acceptors (Lipinski definition) is 4. The minimum Gasteiger partial charge on any atom is -0.496 e. The molecule has 2 N–H and O–H groups in total. The van der Waals surface area contributed by atoms with Gasteiger partial charge in [-0.2, -0.15) is 0 Å². The van der Waals surface area contributed by atoms with Gasteiger partial charge in [0, 0.05) is 25.1 Å². The summed E-state index contributed by atoms with van der Waals surface area (Å²) in [6.45, 7) is 2.45. The molecule has 5 heteroatoms. The Labute approximate surface area is 106 Å². The molecule has 0 bridgehead atoms. The van der Waals surface area contributed by atoms with Gasteiger partial charge in [0.15, 0.2) is 0 Å². The maximum Gasteiger partial charge on any atom is 0.228 e. The predicted octanol–water partition coefficient (Wildman–Crippen LogP) is 1.08. The summed E-state index contributed by atoms with van der Waals surface area (Å²) in [6.07, 6.45) is 0.374. The zero-order chi connectivity index (χ0) is 13.3. The molecule has 1 fully saturated rings. The van der Waals surface area contributed by atoms with Crippen LogP contribution in [0.1, 0.15) is 12.0 Å². The molecule has 1 aromatic rings. The number of benzene rings is 1. The number of methoxy groups -OCH3 is 2. The number of nitrogens with two attached hydrogens (primary N) is 1. The Kier molecular flexibility index (Phi) is 3.43. The van der Waals surface area contributed by atoms with E-state index in [1.54, 1.807) is 19.1 Å². The molecule has 1 heterocycles. The normalized spacial score (nSPS) is 19.2. The van der Waals surface area contributed by atoms with E-state index in [0.717, 1.165) is 17.0 Å². The van der Waals surface area contributed by atoms with E-state index in [4.69, 9.17) is 15.2 Å². The molecule has 1 amide bonds. The molecule has 98 valence electrons. The average Bonchev–Trinajstić information content (AvgIpc) is 2.68. The summed E-state index contributed by atoms with van der Waals surface area (Å²) in [7, 11) is 3.20. The highest BCUT2D eigenvalue weighted by molar-refractivity contribution is 5.98. The van der Waals surface area contributed by atoms with Crippen molar-refractivity contribution in [1.82, 2.24) is 0 Å². The number of rotatable bonds is 3. The lowest BCUT2D eigenvalue weighted by Crippen LogP contribution is -2.28. The molecular weight excluding hydrogens is 232 g/mol. The zero-order valence-corrected chi connectivity index (χ0v) is 10.9. The fraction of sp³-hybridized carbons (Fsp3) is 0.462. The Morgan fingerprint density at radius 3 is 2.44 bits per heavy atom. The molecule has 0 spiro atoms. The first-order chi connectivity index (χ1) is 8.56. The number of hydrogen-bond donors (Lipinski definition) is 1. The lowest BCUT2D eigenvalue weighted by molar-refractivity contribution is -0.117. The van der Waals surface area contributed by atoms with Crippen LogP contribution in [0, 0.1) is 6.92 Å².